The maximum Gasteiger partial charge on any atom is 0.323 e. The third-order valence-corrected chi connectivity index (χ3v) is 7.01. The highest BCUT2D eigenvalue weighted by Gasteiger charge is 2.41. The van der Waals surface area contributed by atoms with Gasteiger partial charge in [0.25, 0.3) is 10.2 Å². The van der Waals surface area contributed by atoms with Crippen LogP contribution < -0.4 is 15.4 Å². The number of rotatable bonds is 8. The van der Waals surface area contributed by atoms with Crippen LogP contribution in [0.3, 0.4) is 0 Å². The largest absolute Gasteiger partial charge is 0.489 e. The number of amides is 2. The second-order valence-electron chi connectivity index (χ2n) is 7.89. The van der Waals surface area contributed by atoms with E-state index in [1.54, 1.807) is 12.1 Å². The molecule has 0 spiro atoms. The quantitative estimate of drug-likeness (QED) is 0.599. The number of aromatic nitrogens is 1. The van der Waals surface area contributed by atoms with Crippen molar-refractivity contribution < 1.29 is 27.1 Å². The minimum Gasteiger partial charge on any atom is -0.489 e. The first kappa shape index (κ1) is 24.8. The van der Waals surface area contributed by atoms with Gasteiger partial charge in [-0.05, 0) is 25.1 Å². The smallest absolute Gasteiger partial charge is 0.323 e. The van der Waals surface area contributed by atoms with Crippen molar-refractivity contribution in [3.8, 4) is 5.75 Å². The van der Waals surface area contributed by atoms with Gasteiger partial charge in [0.1, 0.15) is 17.7 Å². The summed E-state index contributed by atoms with van der Waals surface area (Å²) in [5, 5.41) is 5.17. The summed E-state index contributed by atoms with van der Waals surface area (Å²) in [6.45, 7) is 2.13. The molecule has 2 N–H and O–H groups in total. The molecule has 1 aromatic carbocycles. The Labute approximate surface area is 192 Å². The molecule has 10 nitrogen and oxygen atoms in total. The molecular formula is C21H28FN5O5S. The van der Waals surface area contributed by atoms with E-state index >= 15 is 0 Å². The minimum absolute atomic E-state index is 0.0920. The number of hydrogen-bond acceptors (Lipinski definition) is 6. The summed E-state index contributed by atoms with van der Waals surface area (Å²) in [4.78, 5) is 16.4. The first-order valence-corrected chi connectivity index (χ1v) is 11.6. The Hall–Kier alpha value is -2.80. The Kier molecular flexibility index (Phi) is 7.84. The number of aryl methyl sites for hydroxylation is 1. The monoisotopic (exact) mass is 481 g/mol. The maximum atomic E-state index is 14.2. The van der Waals surface area contributed by atoms with Gasteiger partial charge in [0.15, 0.2) is 0 Å². The Morgan fingerprint density at radius 3 is 2.61 bits per heavy atom. The van der Waals surface area contributed by atoms with Crippen molar-refractivity contribution in [1.82, 2.24) is 13.6 Å². The van der Waals surface area contributed by atoms with Crippen LogP contribution in [0.5, 0.6) is 5.75 Å². The zero-order valence-electron chi connectivity index (χ0n) is 18.9. The number of anilines is 2. The van der Waals surface area contributed by atoms with Gasteiger partial charge in [0.2, 0.25) is 0 Å². The lowest BCUT2D eigenvalue weighted by Gasteiger charge is -2.26. The zero-order chi connectivity index (χ0) is 24.2. The number of carbonyl (C=O) groups excluding carboxylic acids is 1. The SMILES string of the molecule is COCC1C[C@H](Oc2cc(F)cc(NC(=O)Nc3ccc(C)nc3)c2)CN1S(=O)(=O)N(C)C. The molecule has 1 aliphatic rings. The first-order chi connectivity index (χ1) is 15.6. The van der Waals surface area contributed by atoms with E-state index in [2.05, 4.69) is 15.6 Å². The third kappa shape index (κ3) is 6.38. The Morgan fingerprint density at radius 2 is 1.97 bits per heavy atom. The molecule has 1 saturated heterocycles. The van der Waals surface area contributed by atoms with E-state index in [1.807, 2.05) is 6.92 Å². The molecule has 3 rings (SSSR count). The number of carbonyl (C=O) groups is 1. The fraction of sp³-hybridized carbons (Fsp3) is 0.429. The fourth-order valence-corrected chi connectivity index (χ4v) is 4.80. The summed E-state index contributed by atoms with van der Waals surface area (Å²) in [6, 6.07) is 6.29. The van der Waals surface area contributed by atoms with E-state index in [4.69, 9.17) is 9.47 Å². The van der Waals surface area contributed by atoms with E-state index < -0.39 is 34.2 Å². The van der Waals surface area contributed by atoms with Crippen LogP contribution in [0.2, 0.25) is 0 Å². The Bertz CT molecular complexity index is 1080. The number of ether oxygens (including phenoxy) is 2. The number of pyridine rings is 1. The van der Waals surface area contributed by atoms with E-state index in [0.717, 1.165) is 16.1 Å². The van der Waals surface area contributed by atoms with Gasteiger partial charge in [-0.2, -0.15) is 17.0 Å². The average Bonchev–Trinajstić information content (AvgIpc) is 3.12. The van der Waals surface area contributed by atoms with Crippen LogP contribution in [0.25, 0.3) is 0 Å². The van der Waals surface area contributed by atoms with Crippen molar-refractivity contribution in [2.75, 3.05) is 45.0 Å². The highest BCUT2D eigenvalue weighted by atomic mass is 32.2. The van der Waals surface area contributed by atoms with Crippen molar-refractivity contribution in [3.63, 3.8) is 0 Å². The summed E-state index contributed by atoms with van der Waals surface area (Å²) in [5.41, 5.74) is 1.49. The number of nitrogens with zero attached hydrogens (tertiary/aromatic N) is 3. The lowest BCUT2D eigenvalue weighted by Crippen LogP contribution is -2.44. The van der Waals surface area contributed by atoms with E-state index in [9.17, 15) is 17.6 Å². The van der Waals surface area contributed by atoms with Crippen molar-refractivity contribution in [2.24, 2.45) is 0 Å². The number of urea groups is 1. The number of halogens is 1. The van der Waals surface area contributed by atoms with Gasteiger partial charge in [-0.15, -0.1) is 0 Å². The van der Waals surface area contributed by atoms with Crippen LogP contribution in [-0.2, 0) is 14.9 Å². The van der Waals surface area contributed by atoms with E-state index in [-0.39, 0.29) is 24.6 Å². The Morgan fingerprint density at radius 1 is 1.24 bits per heavy atom. The van der Waals surface area contributed by atoms with E-state index in [0.29, 0.717) is 12.1 Å². The summed E-state index contributed by atoms with van der Waals surface area (Å²) in [6.07, 6.45) is 1.38. The van der Waals surface area contributed by atoms with E-state index in [1.165, 1.54) is 43.8 Å². The summed E-state index contributed by atoms with van der Waals surface area (Å²) >= 11 is 0. The van der Waals surface area contributed by atoms with Crippen molar-refractivity contribution in [3.05, 3.63) is 48.0 Å². The predicted molar refractivity (Wildman–Crippen MR) is 122 cm³/mol. The number of methoxy groups -OCH3 is 1. The number of nitrogens with one attached hydrogen (secondary N) is 2. The topological polar surface area (TPSA) is 113 Å². The molecule has 0 radical (unpaired) electrons. The predicted octanol–water partition coefficient (Wildman–Crippen LogP) is 2.45. The molecule has 1 unspecified atom stereocenters. The van der Waals surface area contributed by atoms with Crippen LogP contribution in [-0.4, -0.2) is 74.5 Å². The van der Waals surface area contributed by atoms with Crippen LogP contribution in [0.4, 0.5) is 20.6 Å². The van der Waals surface area contributed by atoms with Crippen molar-refractivity contribution in [2.45, 2.75) is 25.5 Å². The van der Waals surface area contributed by atoms with Crippen LogP contribution in [0.1, 0.15) is 12.1 Å². The molecule has 1 aromatic heterocycles. The van der Waals surface area contributed by atoms with Gasteiger partial charge >= 0.3 is 6.03 Å². The molecule has 0 saturated carbocycles. The van der Waals surface area contributed by atoms with Gasteiger partial charge < -0.3 is 20.1 Å². The highest BCUT2D eigenvalue weighted by Crippen LogP contribution is 2.28. The lowest BCUT2D eigenvalue weighted by molar-refractivity contribution is 0.145. The number of benzene rings is 1. The summed E-state index contributed by atoms with van der Waals surface area (Å²) in [7, 11) is 0.729. The molecule has 33 heavy (non-hydrogen) atoms. The first-order valence-electron chi connectivity index (χ1n) is 10.2. The minimum atomic E-state index is -3.68. The number of hydrogen-bond donors (Lipinski definition) is 2. The van der Waals surface area contributed by atoms with Crippen molar-refractivity contribution in [1.29, 1.82) is 0 Å². The summed E-state index contributed by atoms with van der Waals surface area (Å²) < 4.78 is 53.0. The Balaban J connectivity index is 1.69. The normalized spacial score (nSPS) is 19.0. The molecule has 1 aliphatic heterocycles. The fourth-order valence-electron chi connectivity index (χ4n) is 3.50. The molecule has 2 aromatic rings. The molecule has 1 fully saturated rings. The van der Waals surface area contributed by atoms with Gasteiger partial charge in [0, 0.05) is 51.1 Å². The van der Waals surface area contributed by atoms with Gasteiger partial charge in [-0.3, -0.25) is 4.98 Å². The third-order valence-electron chi connectivity index (χ3n) is 5.04. The zero-order valence-corrected chi connectivity index (χ0v) is 19.7. The maximum absolute atomic E-state index is 14.2. The molecule has 2 atom stereocenters. The highest BCUT2D eigenvalue weighted by molar-refractivity contribution is 7.86. The standard InChI is InChI=1S/C21H28FN5O5S/c1-14-5-6-16(11-23-14)24-21(28)25-17-7-15(22)8-19(9-17)32-20-10-18(13-31-4)27(12-20)33(29,30)26(2)3/h5-9,11,18,20H,10,12-13H2,1-4H3,(H2,24,25,28)/t18?,20-/m0/s1. The van der Waals surface area contributed by atoms with Gasteiger partial charge in [-0.1, -0.05) is 0 Å². The molecule has 180 valence electrons. The average molecular weight is 482 g/mol. The lowest BCUT2D eigenvalue weighted by atomic mass is 10.2. The van der Waals surface area contributed by atoms with Crippen molar-refractivity contribution >= 4 is 27.6 Å². The molecule has 12 heteroatoms. The summed E-state index contributed by atoms with van der Waals surface area (Å²) in [5.74, 6) is -0.434. The second kappa shape index (κ2) is 10.4. The van der Waals surface area contributed by atoms with Crippen LogP contribution in [0.15, 0.2) is 36.5 Å². The van der Waals surface area contributed by atoms with Crippen LogP contribution in [0, 0.1) is 12.7 Å². The molecule has 2 heterocycles. The van der Waals surface area contributed by atoms with Gasteiger partial charge in [-0.25, -0.2) is 9.18 Å². The molecule has 0 aliphatic carbocycles. The molecule has 2 amide bonds. The molecule has 0 bridgehead atoms. The second-order valence-corrected chi connectivity index (χ2v) is 9.98. The molecular weight excluding hydrogens is 453 g/mol. The van der Waals surface area contributed by atoms with Crippen LogP contribution >= 0.6 is 0 Å². The van der Waals surface area contributed by atoms with Gasteiger partial charge in [0.05, 0.1) is 31.1 Å².